The molecule has 0 aliphatic heterocycles. The molecule has 0 aliphatic rings. The van der Waals surface area contributed by atoms with Crippen molar-refractivity contribution in [2.24, 2.45) is 5.92 Å². The van der Waals surface area contributed by atoms with Crippen LogP contribution in [0.5, 0.6) is 0 Å². The van der Waals surface area contributed by atoms with Gasteiger partial charge in [0.1, 0.15) is 12.6 Å². The van der Waals surface area contributed by atoms with Crippen LogP contribution in [0.15, 0.2) is 102 Å². The van der Waals surface area contributed by atoms with E-state index in [1.807, 2.05) is 57.2 Å². The molecule has 0 aliphatic carbocycles. The lowest BCUT2D eigenvalue weighted by atomic mass is 10.0. The van der Waals surface area contributed by atoms with Crippen LogP contribution < -0.4 is 9.62 Å². The summed E-state index contributed by atoms with van der Waals surface area (Å²) >= 11 is 18.8. The third-order valence-electron chi connectivity index (χ3n) is 7.28. The fraction of sp³-hybridized carbons (Fsp3) is 0.257. The molecule has 0 bridgehead atoms. The summed E-state index contributed by atoms with van der Waals surface area (Å²) in [5.74, 6) is -0.790. The quantitative estimate of drug-likeness (QED) is 0.156. The summed E-state index contributed by atoms with van der Waals surface area (Å²) in [5, 5.41) is 4.08. The number of amides is 2. The molecule has 0 heterocycles. The smallest absolute Gasteiger partial charge is 0.264 e. The van der Waals surface area contributed by atoms with Gasteiger partial charge in [-0.15, -0.1) is 0 Å². The lowest BCUT2D eigenvalue weighted by molar-refractivity contribution is -0.140. The number of nitrogens with one attached hydrogen (secondary N) is 1. The van der Waals surface area contributed by atoms with Crippen LogP contribution in [0.25, 0.3) is 0 Å². The zero-order valence-electron chi connectivity index (χ0n) is 25.8. The monoisotopic (exact) mass is 699 g/mol. The average molecular weight is 701 g/mol. The Balaban J connectivity index is 1.82. The van der Waals surface area contributed by atoms with Crippen LogP contribution in [-0.2, 0) is 32.6 Å². The van der Waals surface area contributed by atoms with Crippen LogP contribution in [-0.4, -0.2) is 44.3 Å². The second kappa shape index (κ2) is 15.8. The highest BCUT2D eigenvalue weighted by molar-refractivity contribution is 7.92. The first-order chi connectivity index (χ1) is 21.8. The molecule has 1 atom stereocenters. The van der Waals surface area contributed by atoms with Crippen LogP contribution in [0.3, 0.4) is 0 Å². The van der Waals surface area contributed by atoms with E-state index in [-0.39, 0.29) is 29.7 Å². The van der Waals surface area contributed by atoms with Gasteiger partial charge < -0.3 is 10.2 Å². The van der Waals surface area contributed by atoms with E-state index in [0.29, 0.717) is 32.9 Å². The summed E-state index contributed by atoms with van der Waals surface area (Å²) in [5.41, 5.74) is 2.49. The van der Waals surface area contributed by atoms with Crippen molar-refractivity contribution in [3.63, 3.8) is 0 Å². The average Bonchev–Trinajstić information content (AvgIpc) is 3.01. The Kier molecular flexibility index (Phi) is 12.1. The van der Waals surface area contributed by atoms with Crippen LogP contribution >= 0.6 is 34.8 Å². The molecule has 1 N–H and O–H groups in total. The van der Waals surface area contributed by atoms with Gasteiger partial charge in [0.05, 0.1) is 10.6 Å². The summed E-state index contributed by atoms with van der Waals surface area (Å²) in [6.07, 6.45) is 0.191. The van der Waals surface area contributed by atoms with Gasteiger partial charge in [0, 0.05) is 34.6 Å². The standard InChI is InChI=1S/C35H36Cl3N3O4S/c1-24(2)21-39-35(43)33(19-26-9-5-4-6-10-26)40(22-27-12-13-29(37)20-32(27)38)34(42)23-41(30-11-7-8-25(3)18-30)46(44,45)31-16-14-28(36)15-17-31/h4-18,20,24,33H,19,21-23H2,1-3H3,(H,39,43)/t33-/m1/s1. The highest BCUT2D eigenvalue weighted by Gasteiger charge is 2.35. The summed E-state index contributed by atoms with van der Waals surface area (Å²) in [6.45, 7) is 5.54. The SMILES string of the molecule is Cc1cccc(N(CC(=O)N(Cc2ccc(Cl)cc2Cl)[C@H](Cc2ccccc2)C(=O)NCC(C)C)S(=O)(=O)c2ccc(Cl)cc2)c1. The molecular weight excluding hydrogens is 665 g/mol. The van der Waals surface area contributed by atoms with Gasteiger partial charge in [-0.2, -0.15) is 0 Å². The van der Waals surface area contributed by atoms with Crippen LogP contribution in [0.1, 0.15) is 30.5 Å². The third kappa shape index (κ3) is 9.26. The van der Waals surface area contributed by atoms with Gasteiger partial charge in [0.2, 0.25) is 11.8 Å². The highest BCUT2D eigenvalue weighted by Crippen LogP contribution is 2.28. The van der Waals surface area contributed by atoms with Crippen molar-refractivity contribution < 1.29 is 18.0 Å². The Labute approximate surface area is 286 Å². The summed E-state index contributed by atoms with van der Waals surface area (Å²) in [6, 6.07) is 25.9. The van der Waals surface area contributed by atoms with Crippen molar-refractivity contribution in [1.29, 1.82) is 0 Å². The molecule has 4 rings (SSSR count). The number of carbonyl (C=O) groups excluding carboxylic acids is 2. The zero-order valence-corrected chi connectivity index (χ0v) is 28.9. The lowest BCUT2D eigenvalue weighted by Gasteiger charge is -2.34. The number of nitrogens with zero attached hydrogens (tertiary/aromatic N) is 2. The zero-order chi connectivity index (χ0) is 33.4. The number of halogens is 3. The van der Waals surface area contributed by atoms with Crippen molar-refractivity contribution >= 4 is 62.3 Å². The maximum absolute atomic E-state index is 14.6. The highest BCUT2D eigenvalue weighted by atomic mass is 35.5. The van der Waals surface area contributed by atoms with Crippen LogP contribution in [0.4, 0.5) is 5.69 Å². The van der Waals surface area contributed by atoms with Gasteiger partial charge in [-0.3, -0.25) is 13.9 Å². The maximum Gasteiger partial charge on any atom is 0.264 e. The number of rotatable bonds is 13. The summed E-state index contributed by atoms with van der Waals surface area (Å²) in [7, 11) is -4.25. The van der Waals surface area contributed by atoms with E-state index in [0.717, 1.165) is 15.4 Å². The second-order valence-electron chi connectivity index (χ2n) is 11.4. The van der Waals surface area contributed by atoms with Gasteiger partial charge in [0.25, 0.3) is 10.0 Å². The largest absolute Gasteiger partial charge is 0.354 e. The molecule has 0 fully saturated rings. The van der Waals surface area contributed by atoms with Crippen molar-refractivity contribution in [2.75, 3.05) is 17.4 Å². The van der Waals surface area contributed by atoms with Crippen LogP contribution in [0, 0.1) is 12.8 Å². The fourth-order valence-corrected chi connectivity index (χ4v) is 6.86. The number of anilines is 1. The van der Waals surface area contributed by atoms with Crippen molar-refractivity contribution in [2.45, 2.75) is 44.7 Å². The molecule has 0 aromatic heterocycles. The molecule has 7 nitrogen and oxygen atoms in total. The minimum Gasteiger partial charge on any atom is -0.354 e. The third-order valence-corrected chi connectivity index (χ3v) is 9.91. The molecule has 46 heavy (non-hydrogen) atoms. The van der Waals surface area contributed by atoms with E-state index in [4.69, 9.17) is 34.8 Å². The molecule has 4 aromatic carbocycles. The fourth-order valence-electron chi connectivity index (χ4n) is 4.86. The van der Waals surface area contributed by atoms with Crippen molar-refractivity contribution in [3.8, 4) is 0 Å². The van der Waals surface area contributed by atoms with Gasteiger partial charge in [-0.25, -0.2) is 8.42 Å². The Morgan fingerprint density at radius 3 is 2.13 bits per heavy atom. The van der Waals surface area contributed by atoms with E-state index in [1.54, 1.807) is 36.4 Å². The molecule has 0 saturated carbocycles. The number of sulfonamides is 1. The van der Waals surface area contributed by atoms with E-state index in [9.17, 15) is 18.0 Å². The molecular formula is C35H36Cl3N3O4S. The van der Waals surface area contributed by atoms with E-state index in [2.05, 4.69) is 5.32 Å². The first-order valence-electron chi connectivity index (χ1n) is 14.7. The Hall–Kier alpha value is -3.56. The summed E-state index contributed by atoms with van der Waals surface area (Å²) < 4.78 is 29.3. The molecule has 0 saturated heterocycles. The minimum absolute atomic E-state index is 0.0333. The molecule has 11 heteroatoms. The van der Waals surface area contributed by atoms with E-state index in [1.165, 1.54) is 29.2 Å². The van der Waals surface area contributed by atoms with Crippen molar-refractivity contribution in [3.05, 3.63) is 129 Å². The normalized spacial score (nSPS) is 12.1. The minimum atomic E-state index is -4.25. The summed E-state index contributed by atoms with van der Waals surface area (Å²) in [4.78, 5) is 29.8. The second-order valence-corrected chi connectivity index (χ2v) is 14.5. The molecule has 0 radical (unpaired) electrons. The molecule has 0 spiro atoms. The number of hydrogen-bond acceptors (Lipinski definition) is 4. The van der Waals surface area contributed by atoms with Gasteiger partial charge in [-0.1, -0.05) is 97.2 Å². The number of benzene rings is 4. The van der Waals surface area contributed by atoms with Gasteiger partial charge in [-0.05, 0) is 78.1 Å². The predicted molar refractivity (Wildman–Crippen MR) is 186 cm³/mol. The Morgan fingerprint density at radius 2 is 1.50 bits per heavy atom. The maximum atomic E-state index is 14.6. The Bertz CT molecular complexity index is 1770. The predicted octanol–water partition coefficient (Wildman–Crippen LogP) is 7.56. The van der Waals surface area contributed by atoms with E-state index >= 15 is 0 Å². The number of aryl methyl sites for hydroxylation is 1. The first kappa shape index (κ1) is 35.3. The molecule has 4 aromatic rings. The first-order valence-corrected chi connectivity index (χ1v) is 17.3. The van der Waals surface area contributed by atoms with Gasteiger partial charge in [0.15, 0.2) is 0 Å². The Morgan fingerprint density at radius 1 is 0.826 bits per heavy atom. The molecule has 2 amide bonds. The molecule has 0 unspecified atom stereocenters. The van der Waals surface area contributed by atoms with Crippen molar-refractivity contribution in [1.82, 2.24) is 10.2 Å². The van der Waals surface area contributed by atoms with Gasteiger partial charge >= 0.3 is 0 Å². The number of hydrogen-bond donors (Lipinski definition) is 1. The van der Waals surface area contributed by atoms with E-state index < -0.39 is 28.5 Å². The van der Waals surface area contributed by atoms with Crippen LogP contribution in [0.2, 0.25) is 15.1 Å². The molecule has 242 valence electrons. The lowest BCUT2D eigenvalue weighted by Crippen LogP contribution is -2.53. The topological polar surface area (TPSA) is 86.8 Å². The number of carbonyl (C=O) groups is 2.